The Hall–Kier alpha value is -2.49. The first kappa shape index (κ1) is 11.6. The number of pyridine rings is 2. The van der Waals surface area contributed by atoms with Crippen LogP contribution in [0.1, 0.15) is 5.56 Å². The lowest BCUT2D eigenvalue weighted by Crippen LogP contribution is -2.22. The molecule has 2 heterocycles. The molecule has 3 aromatic rings. The number of aryl methyl sites for hydroxylation is 1. The maximum atomic E-state index is 13.9. The van der Waals surface area contributed by atoms with Crippen LogP contribution in [0.25, 0.3) is 16.7 Å². The normalized spacial score (nSPS) is 10.8. The third kappa shape index (κ3) is 1.81. The van der Waals surface area contributed by atoms with Gasteiger partial charge >= 0.3 is 0 Å². The second-order valence-corrected chi connectivity index (χ2v) is 4.34. The fraction of sp³-hybridized carbons (Fsp3) is 0.0667. The molecule has 0 unspecified atom stereocenters. The molecular formula is C15H11FN2O. The lowest BCUT2D eigenvalue weighted by molar-refractivity contribution is 0.617. The van der Waals surface area contributed by atoms with Gasteiger partial charge in [-0.1, -0.05) is 12.1 Å². The first-order chi connectivity index (χ1) is 9.18. The molecule has 0 radical (unpaired) electrons. The van der Waals surface area contributed by atoms with Gasteiger partial charge in [0.2, 0.25) is 0 Å². The van der Waals surface area contributed by atoms with Gasteiger partial charge < -0.3 is 0 Å². The van der Waals surface area contributed by atoms with Gasteiger partial charge in [-0.25, -0.2) is 9.37 Å². The predicted molar refractivity (Wildman–Crippen MR) is 72.0 cm³/mol. The van der Waals surface area contributed by atoms with Crippen molar-refractivity contribution in [2.75, 3.05) is 0 Å². The molecule has 0 saturated heterocycles. The van der Waals surface area contributed by atoms with Crippen molar-refractivity contribution in [1.29, 1.82) is 0 Å². The Bertz CT molecular complexity index is 824. The molecule has 3 rings (SSSR count). The Morgan fingerprint density at radius 3 is 2.74 bits per heavy atom. The van der Waals surface area contributed by atoms with E-state index in [1.807, 2.05) is 6.07 Å². The zero-order chi connectivity index (χ0) is 13.4. The molecule has 19 heavy (non-hydrogen) atoms. The summed E-state index contributed by atoms with van der Waals surface area (Å²) in [6.07, 6.45) is 1.59. The van der Waals surface area contributed by atoms with Crippen LogP contribution in [0, 0.1) is 12.7 Å². The van der Waals surface area contributed by atoms with Crippen LogP contribution >= 0.6 is 0 Å². The van der Waals surface area contributed by atoms with Crippen LogP contribution in [0.4, 0.5) is 4.39 Å². The van der Waals surface area contributed by atoms with E-state index in [0.29, 0.717) is 11.2 Å². The highest BCUT2D eigenvalue weighted by Crippen LogP contribution is 2.17. The molecule has 0 bridgehead atoms. The summed E-state index contributed by atoms with van der Waals surface area (Å²) in [6.45, 7) is 1.71. The molecule has 0 aliphatic carbocycles. The van der Waals surface area contributed by atoms with Crippen molar-refractivity contribution >= 4 is 11.0 Å². The van der Waals surface area contributed by atoms with Crippen LogP contribution in [0.2, 0.25) is 0 Å². The largest absolute Gasteiger partial charge is 0.269 e. The summed E-state index contributed by atoms with van der Waals surface area (Å²) in [5.74, 6) is -0.442. The van der Waals surface area contributed by atoms with Gasteiger partial charge in [-0.3, -0.25) is 9.36 Å². The molecule has 0 fully saturated rings. The quantitative estimate of drug-likeness (QED) is 0.669. The van der Waals surface area contributed by atoms with Crippen molar-refractivity contribution in [1.82, 2.24) is 9.55 Å². The molecule has 4 heteroatoms. The minimum atomic E-state index is -0.442. The number of rotatable bonds is 1. The number of halogens is 1. The molecule has 3 nitrogen and oxygen atoms in total. The van der Waals surface area contributed by atoms with Gasteiger partial charge in [0, 0.05) is 17.1 Å². The number of fused-ring (bicyclic) bond motifs is 1. The van der Waals surface area contributed by atoms with Crippen molar-refractivity contribution in [2.45, 2.75) is 6.92 Å². The first-order valence-corrected chi connectivity index (χ1v) is 5.91. The maximum absolute atomic E-state index is 13.9. The molecule has 0 N–H and O–H groups in total. The average Bonchev–Trinajstić information content (AvgIpc) is 2.42. The third-order valence-corrected chi connectivity index (χ3v) is 3.03. The fourth-order valence-corrected chi connectivity index (χ4v) is 2.13. The van der Waals surface area contributed by atoms with E-state index in [2.05, 4.69) is 4.98 Å². The minimum absolute atomic E-state index is 0.222. The summed E-state index contributed by atoms with van der Waals surface area (Å²) in [6, 6.07) is 11.6. The molecule has 0 saturated carbocycles. The second kappa shape index (κ2) is 4.31. The highest BCUT2D eigenvalue weighted by Gasteiger charge is 2.12. The van der Waals surface area contributed by atoms with Crippen molar-refractivity contribution in [2.24, 2.45) is 0 Å². The predicted octanol–water partition coefficient (Wildman–Crippen LogP) is 2.83. The smallest absolute Gasteiger partial charge is 0.259 e. The zero-order valence-corrected chi connectivity index (χ0v) is 10.3. The zero-order valence-electron chi connectivity index (χ0n) is 10.3. The SMILES string of the molecule is Cc1cc2cccnc2n(-c2ccccc2F)c1=O. The Morgan fingerprint density at radius 1 is 1.16 bits per heavy atom. The Kier molecular flexibility index (Phi) is 2.63. The molecule has 0 spiro atoms. The van der Waals surface area contributed by atoms with E-state index in [9.17, 15) is 9.18 Å². The molecule has 0 atom stereocenters. The van der Waals surface area contributed by atoms with E-state index >= 15 is 0 Å². The lowest BCUT2D eigenvalue weighted by Gasteiger charge is -2.11. The number of benzene rings is 1. The molecule has 94 valence electrons. The standard InChI is InChI=1S/C15H11FN2O/c1-10-9-11-5-4-8-17-14(11)18(15(10)19)13-7-3-2-6-12(13)16/h2-9H,1H3. The summed E-state index contributed by atoms with van der Waals surface area (Å²) in [5, 5.41) is 0.808. The van der Waals surface area contributed by atoms with Crippen molar-refractivity contribution in [3.05, 3.63) is 70.4 Å². The van der Waals surface area contributed by atoms with E-state index in [-0.39, 0.29) is 11.2 Å². The summed E-state index contributed by atoms with van der Waals surface area (Å²) >= 11 is 0. The summed E-state index contributed by atoms with van der Waals surface area (Å²) < 4.78 is 15.2. The number of hydrogen-bond acceptors (Lipinski definition) is 2. The van der Waals surface area contributed by atoms with E-state index in [0.717, 1.165) is 5.39 Å². The van der Waals surface area contributed by atoms with Gasteiger partial charge in [0.1, 0.15) is 11.5 Å². The van der Waals surface area contributed by atoms with Gasteiger partial charge in [-0.2, -0.15) is 0 Å². The van der Waals surface area contributed by atoms with Crippen molar-refractivity contribution in [3.8, 4) is 5.69 Å². The molecular weight excluding hydrogens is 243 g/mol. The van der Waals surface area contributed by atoms with Crippen LogP contribution in [0.15, 0.2) is 53.5 Å². The number of aromatic nitrogens is 2. The van der Waals surface area contributed by atoms with E-state index < -0.39 is 5.82 Å². The fourth-order valence-electron chi connectivity index (χ4n) is 2.13. The van der Waals surface area contributed by atoms with Gasteiger partial charge in [-0.15, -0.1) is 0 Å². The summed E-state index contributed by atoms with van der Waals surface area (Å²) in [5.41, 5.74) is 0.989. The Balaban J connectivity index is 2.50. The summed E-state index contributed by atoms with van der Waals surface area (Å²) in [7, 11) is 0. The topological polar surface area (TPSA) is 34.9 Å². The maximum Gasteiger partial charge on any atom is 0.259 e. The third-order valence-electron chi connectivity index (χ3n) is 3.03. The van der Waals surface area contributed by atoms with Crippen molar-refractivity contribution < 1.29 is 4.39 Å². The number of para-hydroxylation sites is 1. The van der Waals surface area contributed by atoms with Crippen molar-refractivity contribution in [3.63, 3.8) is 0 Å². The number of hydrogen-bond donors (Lipinski definition) is 0. The van der Waals surface area contributed by atoms with Gasteiger partial charge in [0.25, 0.3) is 5.56 Å². The highest BCUT2D eigenvalue weighted by molar-refractivity contribution is 5.77. The van der Waals surface area contributed by atoms with Crippen LogP contribution in [0.3, 0.4) is 0 Å². The second-order valence-electron chi connectivity index (χ2n) is 4.34. The summed E-state index contributed by atoms with van der Waals surface area (Å²) in [4.78, 5) is 16.5. The van der Waals surface area contributed by atoms with Crippen LogP contribution in [-0.4, -0.2) is 9.55 Å². The van der Waals surface area contributed by atoms with Gasteiger partial charge in [-0.05, 0) is 37.3 Å². The van der Waals surface area contributed by atoms with Crippen LogP contribution in [-0.2, 0) is 0 Å². The number of nitrogens with zero attached hydrogens (tertiary/aromatic N) is 2. The highest BCUT2D eigenvalue weighted by atomic mass is 19.1. The van der Waals surface area contributed by atoms with E-state index in [4.69, 9.17) is 0 Å². The molecule has 0 aliphatic heterocycles. The monoisotopic (exact) mass is 254 g/mol. The molecule has 0 amide bonds. The Labute approximate surface area is 109 Å². The van der Waals surface area contributed by atoms with E-state index in [1.54, 1.807) is 43.5 Å². The van der Waals surface area contributed by atoms with E-state index in [1.165, 1.54) is 10.6 Å². The molecule has 1 aromatic carbocycles. The Morgan fingerprint density at radius 2 is 1.95 bits per heavy atom. The molecule has 2 aromatic heterocycles. The van der Waals surface area contributed by atoms with Gasteiger partial charge in [0.05, 0.1) is 5.69 Å². The first-order valence-electron chi connectivity index (χ1n) is 5.91. The average molecular weight is 254 g/mol. The minimum Gasteiger partial charge on any atom is -0.269 e. The molecule has 0 aliphatic rings. The van der Waals surface area contributed by atoms with Crippen LogP contribution in [0.5, 0.6) is 0 Å². The lowest BCUT2D eigenvalue weighted by atomic mass is 10.2. The van der Waals surface area contributed by atoms with Gasteiger partial charge in [0.15, 0.2) is 0 Å². The van der Waals surface area contributed by atoms with Crippen LogP contribution < -0.4 is 5.56 Å².